The molecule has 0 amide bonds. The molecule has 1 fully saturated rings. The van der Waals surface area contributed by atoms with Crippen LogP contribution in [0.25, 0.3) is 0 Å². The van der Waals surface area contributed by atoms with Crippen molar-refractivity contribution >= 4 is 0 Å². The lowest BCUT2D eigenvalue weighted by Gasteiger charge is -2.40. The van der Waals surface area contributed by atoms with Gasteiger partial charge in [0.05, 0.1) is 12.4 Å². The number of ether oxygens (including phenoxy) is 1. The summed E-state index contributed by atoms with van der Waals surface area (Å²) in [5, 5.41) is 0. The fraction of sp³-hybridized carbons (Fsp3) is 0.600. The van der Waals surface area contributed by atoms with Crippen LogP contribution in [-0.2, 0) is 0 Å². The van der Waals surface area contributed by atoms with Gasteiger partial charge in [-0.1, -0.05) is 0 Å². The van der Waals surface area contributed by atoms with Gasteiger partial charge < -0.3 is 4.74 Å². The van der Waals surface area contributed by atoms with Gasteiger partial charge in [0.25, 0.3) is 0 Å². The first-order valence-corrected chi connectivity index (χ1v) is 6.69. The van der Waals surface area contributed by atoms with Crippen LogP contribution in [0.2, 0.25) is 0 Å². The SMILES string of the molecule is C#Cc1cnc(OC2CCN(C(C)(C)C)CC2)cn1. The van der Waals surface area contributed by atoms with E-state index >= 15 is 0 Å². The van der Waals surface area contributed by atoms with Crippen LogP contribution in [0.1, 0.15) is 39.3 Å². The Morgan fingerprint density at radius 2 is 1.95 bits per heavy atom. The Hall–Kier alpha value is -1.60. The Bertz CT molecular complexity index is 448. The minimum atomic E-state index is 0.226. The zero-order chi connectivity index (χ0) is 13.9. The molecule has 0 aliphatic carbocycles. The third-order valence-corrected chi connectivity index (χ3v) is 3.45. The largest absolute Gasteiger partial charge is 0.473 e. The summed E-state index contributed by atoms with van der Waals surface area (Å²) in [5.41, 5.74) is 0.772. The van der Waals surface area contributed by atoms with E-state index < -0.39 is 0 Å². The van der Waals surface area contributed by atoms with E-state index in [2.05, 4.69) is 41.6 Å². The van der Waals surface area contributed by atoms with Gasteiger partial charge in [-0.05, 0) is 39.5 Å². The molecule has 1 aromatic rings. The van der Waals surface area contributed by atoms with Gasteiger partial charge >= 0.3 is 0 Å². The zero-order valence-corrected chi connectivity index (χ0v) is 11.9. The predicted molar refractivity (Wildman–Crippen MR) is 74.9 cm³/mol. The Labute approximate surface area is 115 Å². The minimum absolute atomic E-state index is 0.226. The van der Waals surface area contributed by atoms with Gasteiger partial charge in [-0.25, -0.2) is 9.97 Å². The van der Waals surface area contributed by atoms with E-state index in [0.717, 1.165) is 25.9 Å². The smallest absolute Gasteiger partial charge is 0.232 e. The lowest BCUT2D eigenvalue weighted by atomic mass is 9.99. The van der Waals surface area contributed by atoms with E-state index in [9.17, 15) is 0 Å². The number of aromatic nitrogens is 2. The summed E-state index contributed by atoms with van der Waals surface area (Å²) < 4.78 is 5.85. The highest BCUT2D eigenvalue weighted by Gasteiger charge is 2.27. The Balaban J connectivity index is 1.87. The normalized spacial score (nSPS) is 18.0. The molecule has 19 heavy (non-hydrogen) atoms. The maximum atomic E-state index is 5.85. The van der Waals surface area contributed by atoms with E-state index in [4.69, 9.17) is 11.2 Å². The van der Waals surface area contributed by atoms with Gasteiger partial charge in [-0.15, -0.1) is 6.42 Å². The second-order valence-corrected chi connectivity index (χ2v) is 5.86. The van der Waals surface area contributed by atoms with Gasteiger partial charge in [0.2, 0.25) is 5.88 Å². The molecule has 1 aliphatic heterocycles. The highest BCUT2D eigenvalue weighted by atomic mass is 16.5. The standard InChI is InChI=1S/C15H21N3O/c1-5-12-10-17-14(11-16-12)19-13-6-8-18(9-7-13)15(2,3)4/h1,10-11,13H,6-9H2,2-4H3. The van der Waals surface area contributed by atoms with Crippen molar-refractivity contribution in [3.05, 3.63) is 18.1 Å². The molecule has 0 unspecified atom stereocenters. The fourth-order valence-electron chi connectivity index (χ4n) is 2.27. The molecule has 0 saturated carbocycles. The molecule has 4 nitrogen and oxygen atoms in total. The molecule has 1 saturated heterocycles. The lowest BCUT2D eigenvalue weighted by molar-refractivity contribution is 0.0470. The average Bonchev–Trinajstić information content (AvgIpc) is 2.39. The first kappa shape index (κ1) is 13.8. The molecule has 1 aliphatic rings. The molecule has 0 spiro atoms. The molecule has 102 valence electrons. The highest BCUT2D eigenvalue weighted by molar-refractivity contribution is 5.22. The van der Waals surface area contributed by atoms with Crippen LogP contribution >= 0.6 is 0 Å². The van der Waals surface area contributed by atoms with Crippen molar-refractivity contribution in [3.8, 4) is 18.2 Å². The van der Waals surface area contributed by atoms with Crippen LogP contribution in [0, 0.1) is 12.3 Å². The summed E-state index contributed by atoms with van der Waals surface area (Å²) in [6.45, 7) is 8.86. The van der Waals surface area contributed by atoms with Crippen molar-refractivity contribution in [3.63, 3.8) is 0 Å². The first-order chi connectivity index (χ1) is 8.99. The number of terminal acetylenes is 1. The average molecular weight is 259 g/mol. The van der Waals surface area contributed by atoms with Crippen LogP contribution in [0.3, 0.4) is 0 Å². The van der Waals surface area contributed by atoms with Gasteiger partial charge in [0, 0.05) is 18.6 Å². The Morgan fingerprint density at radius 3 is 2.42 bits per heavy atom. The molecular formula is C15H21N3O. The van der Waals surface area contributed by atoms with E-state index in [1.54, 1.807) is 12.4 Å². The predicted octanol–water partition coefficient (Wildman–Crippen LogP) is 2.10. The minimum Gasteiger partial charge on any atom is -0.473 e. The van der Waals surface area contributed by atoms with Crippen molar-refractivity contribution in [2.24, 2.45) is 0 Å². The zero-order valence-electron chi connectivity index (χ0n) is 11.9. The lowest BCUT2D eigenvalue weighted by Crippen LogP contribution is -2.48. The molecular weight excluding hydrogens is 238 g/mol. The van der Waals surface area contributed by atoms with Gasteiger partial charge in [-0.2, -0.15) is 0 Å². The highest BCUT2D eigenvalue weighted by Crippen LogP contribution is 2.22. The first-order valence-electron chi connectivity index (χ1n) is 6.69. The summed E-state index contributed by atoms with van der Waals surface area (Å²) in [6.07, 6.45) is 10.7. The van der Waals surface area contributed by atoms with E-state index in [0.29, 0.717) is 11.6 Å². The van der Waals surface area contributed by atoms with Crippen molar-refractivity contribution in [1.29, 1.82) is 0 Å². The third kappa shape index (κ3) is 3.68. The third-order valence-electron chi connectivity index (χ3n) is 3.45. The van der Waals surface area contributed by atoms with Crippen LogP contribution in [0.4, 0.5) is 0 Å². The summed E-state index contributed by atoms with van der Waals surface area (Å²) >= 11 is 0. The number of rotatable bonds is 2. The molecule has 0 bridgehead atoms. The molecule has 1 aromatic heterocycles. The topological polar surface area (TPSA) is 38.2 Å². The van der Waals surface area contributed by atoms with Gasteiger partial charge in [-0.3, -0.25) is 4.90 Å². The number of likely N-dealkylation sites (tertiary alicyclic amines) is 1. The summed E-state index contributed by atoms with van der Waals surface area (Å²) in [6, 6.07) is 0. The summed E-state index contributed by atoms with van der Waals surface area (Å²) in [7, 11) is 0. The van der Waals surface area contributed by atoms with Crippen LogP contribution in [-0.4, -0.2) is 39.6 Å². The van der Waals surface area contributed by atoms with Crippen LogP contribution in [0.15, 0.2) is 12.4 Å². The van der Waals surface area contributed by atoms with Crippen LogP contribution < -0.4 is 4.74 Å². The number of hydrogen-bond donors (Lipinski definition) is 0. The van der Waals surface area contributed by atoms with E-state index in [1.165, 1.54) is 0 Å². The van der Waals surface area contributed by atoms with Crippen molar-refractivity contribution < 1.29 is 4.74 Å². The second-order valence-electron chi connectivity index (χ2n) is 5.86. The maximum Gasteiger partial charge on any atom is 0.232 e. The quantitative estimate of drug-likeness (QED) is 0.762. The molecule has 2 heterocycles. The molecule has 0 aromatic carbocycles. The fourth-order valence-corrected chi connectivity index (χ4v) is 2.27. The van der Waals surface area contributed by atoms with Gasteiger partial charge in [0.1, 0.15) is 11.8 Å². The van der Waals surface area contributed by atoms with Crippen molar-refractivity contribution in [1.82, 2.24) is 14.9 Å². The number of piperidine rings is 1. The van der Waals surface area contributed by atoms with Crippen molar-refractivity contribution in [2.75, 3.05) is 13.1 Å². The monoisotopic (exact) mass is 259 g/mol. The molecule has 0 atom stereocenters. The van der Waals surface area contributed by atoms with Crippen LogP contribution in [0.5, 0.6) is 5.88 Å². The molecule has 4 heteroatoms. The molecule has 0 radical (unpaired) electrons. The Morgan fingerprint density at radius 1 is 1.26 bits per heavy atom. The molecule has 0 N–H and O–H groups in total. The van der Waals surface area contributed by atoms with E-state index in [1.807, 2.05) is 0 Å². The maximum absolute atomic E-state index is 5.85. The Kier molecular flexibility index (Phi) is 4.06. The second kappa shape index (κ2) is 5.58. The van der Waals surface area contributed by atoms with Gasteiger partial charge in [0.15, 0.2) is 0 Å². The van der Waals surface area contributed by atoms with E-state index in [-0.39, 0.29) is 11.6 Å². The summed E-state index contributed by atoms with van der Waals surface area (Å²) in [5.74, 6) is 3.01. The van der Waals surface area contributed by atoms with Crippen molar-refractivity contribution in [2.45, 2.75) is 45.3 Å². The number of hydrogen-bond acceptors (Lipinski definition) is 4. The summed E-state index contributed by atoms with van der Waals surface area (Å²) in [4.78, 5) is 10.7. The molecule has 2 rings (SSSR count). The number of nitrogens with zero attached hydrogens (tertiary/aromatic N) is 3.